The summed E-state index contributed by atoms with van der Waals surface area (Å²) in [6.07, 6.45) is 7.02. The van der Waals surface area contributed by atoms with Crippen LogP contribution in [0.5, 0.6) is 23.0 Å². The Morgan fingerprint density at radius 1 is 0.588 bits per heavy atom. The second kappa shape index (κ2) is 24.1. The van der Waals surface area contributed by atoms with Crippen LogP contribution >= 0.6 is 31.9 Å². The Morgan fingerprint density at radius 3 is 1.41 bits per heavy atom. The van der Waals surface area contributed by atoms with Gasteiger partial charge in [0.25, 0.3) is 0 Å². The third kappa shape index (κ3) is 16.6. The van der Waals surface area contributed by atoms with Crippen molar-refractivity contribution in [3.63, 3.8) is 0 Å². The first kappa shape index (κ1) is 41.3. The molecule has 0 atom stereocenters. The van der Waals surface area contributed by atoms with E-state index >= 15 is 0 Å². The first-order chi connectivity index (χ1) is 24.8. The molecule has 0 fully saturated rings. The highest BCUT2D eigenvalue weighted by molar-refractivity contribution is 9.10. The van der Waals surface area contributed by atoms with Crippen LogP contribution in [0.25, 0.3) is 0 Å². The smallest absolute Gasteiger partial charge is 0.302 e. The normalized spacial score (nSPS) is 10.9. The summed E-state index contributed by atoms with van der Waals surface area (Å²) in [5, 5.41) is 8.67. The molecule has 272 valence electrons. The number of benzene rings is 4. The summed E-state index contributed by atoms with van der Waals surface area (Å²) in [5.74, 6) is 2.92. The van der Waals surface area contributed by atoms with Gasteiger partial charge in [-0.1, -0.05) is 74.4 Å². The number of carbonyl (C=O) groups excluding carboxylic acids is 1. The number of halogens is 2. The first-order valence-corrected chi connectivity index (χ1v) is 17.7. The van der Waals surface area contributed by atoms with Crippen LogP contribution in [0.1, 0.15) is 29.2 Å². The minimum atomic E-state index is -0.295. The number of methoxy groups -OCH3 is 2. The topological polar surface area (TPSA) is 102 Å². The lowest BCUT2D eigenvalue weighted by atomic mass is 10.2. The molecule has 0 aliphatic rings. The Balaban J connectivity index is 0.000000277. The van der Waals surface area contributed by atoms with Crippen molar-refractivity contribution < 1.29 is 43.1 Å². The molecule has 0 saturated carbocycles. The average molecular weight is 829 g/mol. The summed E-state index contributed by atoms with van der Waals surface area (Å²) in [6, 6.07) is 27.2. The van der Waals surface area contributed by atoms with Gasteiger partial charge in [0, 0.05) is 15.9 Å². The van der Waals surface area contributed by atoms with Crippen molar-refractivity contribution in [3.05, 3.63) is 140 Å². The van der Waals surface area contributed by atoms with Crippen molar-refractivity contribution in [3.8, 4) is 23.0 Å². The van der Waals surface area contributed by atoms with E-state index in [0.717, 1.165) is 54.2 Å². The zero-order chi connectivity index (χ0) is 36.7. The Bertz CT molecular complexity index is 1660. The van der Waals surface area contributed by atoms with Crippen molar-refractivity contribution in [2.75, 3.05) is 40.6 Å². The fourth-order valence-electron chi connectivity index (χ4n) is 4.20. The number of esters is 1. The van der Waals surface area contributed by atoms with E-state index < -0.39 is 0 Å². The zero-order valence-corrected chi connectivity index (χ0v) is 32.2. The molecular weight excluding hydrogens is 784 g/mol. The second-order valence-corrected chi connectivity index (χ2v) is 12.4. The molecule has 0 heterocycles. The van der Waals surface area contributed by atoms with Crippen LogP contribution in [-0.2, 0) is 45.4 Å². The van der Waals surface area contributed by atoms with Crippen molar-refractivity contribution in [1.82, 2.24) is 0 Å². The average Bonchev–Trinajstić information content (AvgIpc) is 3.15. The maximum atomic E-state index is 10.6. The summed E-state index contributed by atoms with van der Waals surface area (Å²) in [7, 11) is 3.29. The number of rotatable bonds is 19. The number of aliphatic hydroxyl groups is 1. The largest absolute Gasteiger partial charge is 0.497 e. The van der Waals surface area contributed by atoms with E-state index in [1.54, 1.807) is 32.4 Å². The minimum absolute atomic E-state index is 0.0295. The standard InChI is InChI=1S/C21H23BrO5.C19H21BrO4/c1-16(23)26-12-4-3-11-25-15-18-13-20(9-10-21(18)22)27-14-17-5-7-19(24-2)8-6-17;1-22-17-6-4-15(5-7-17)13-24-18-8-9-19(20)16(12-18)14-23-11-3-2-10-21/h3-10,13H,11-12,14-15H2,1-2H3;2-9,12,21H,10-11,13-14H2,1H3/b4-3+;3-2+. The maximum Gasteiger partial charge on any atom is 0.302 e. The van der Waals surface area contributed by atoms with Gasteiger partial charge >= 0.3 is 5.97 Å². The van der Waals surface area contributed by atoms with Gasteiger partial charge in [0.2, 0.25) is 0 Å². The third-order valence-corrected chi connectivity index (χ3v) is 8.48. The highest BCUT2D eigenvalue weighted by Crippen LogP contribution is 2.26. The zero-order valence-electron chi connectivity index (χ0n) is 29.0. The van der Waals surface area contributed by atoms with Crippen molar-refractivity contribution >= 4 is 37.8 Å². The fraction of sp³-hybridized carbons (Fsp3) is 0.275. The summed E-state index contributed by atoms with van der Waals surface area (Å²) in [4.78, 5) is 10.6. The van der Waals surface area contributed by atoms with E-state index in [0.29, 0.717) is 39.6 Å². The van der Waals surface area contributed by atoms with Gasteiger partial charge in [-0.25, -0.2) is 0 Å². The Morgan fingerprint density at radius 2 is 1.00 bits per heavy atom. The predicted molar refractivity (Wildman–Crippen MR) is 204 cm³/mol. The lowest BCUT2D eigenvalue weighted by Crippen LogP contribution is -1.99. The lowest BCUT2D eigenvalue weighted by molar-refractivity contribution is -0.139. The highest BCUT2D eigenvalue weighted by Gasteiger charge is 2.06. The van der Waals surface area contributed by atoms with Crippen LogP contribution in [0.2, 0.25) is 0 Å². The Kier molecular flexibility index (Phi) is 19.5. The van der Waals surface area contributed by atoms with E-state index in [4.69, 9.17) is 38.3 Å². The summed E-state index contributed by atoms with van der Waals surface area (Å²) >= 11 is 7.05. The van der Waals surface area contributed by atoms with Crippen LogP contribution in [0.4, 0.5) is 0 Å². The molecule has 0 radical (unpaired) electrons. The van der Waals surface area contributed by atoms with Gasteiger partial charge in [0.1, 0.15) is 42.8 Å². The number of hydrogen-bond acceptors (Lipinski definition) is 9. The predicted octanol–water partition coefficient (Wildman–Crippen LogP) is 8.77. The molecule has 11 heteroatoms. The van der Waals surface area contributed by atoms with E-state index in [9.17, 15) is 4.79 Å². The number of ether oxygens (including phenoxy) is 7. The van der Waals surface area contributed by atoms with Gasteiger partial charge in [-0.2, -0.15) is 0 Å². The molecule has 51 heavy (non-hydrogen) atoms. The number of aliphatic hydroxyl groups excluding tert-OH is 1. The van der Waals surface area contributed by atoms with Crippen LogP contribution in [0, 0.1) is 0 Å². The molecule has 4 rings (SSSR count). The molecule has 0 bridgehead atoms. The van der Waals surface area contributed by atoms with Gasteiger partial charge in [-0.3, -0.25) is 4.79 Å². The van der Waals surface area contributed by atoms with Gasteiger partial charge in [-0.15, -0.1) is 0 Å². The SMILES string of the molecule is COc1ccc(COc2ccc(Br)c(COC/C=C/CO)c2)cc1.COc1ccc(COc2ccc(Br)c(COC/C=C/COC(C)=O)c2)cc1. The van der Waals surface area contributed by atoms with E-state index in [2.05, 4.69) is 31.9 Å². The van der Waals surface area contributed by atoms with Crippen LogP contribution in [0.3, 0.4) is 0 Å². The molecule has 0 aliphatic heterocycles. The third-order valence-electron chi connectivity index (χ3n) is 6.93. The first-order valence-electron chi connectivity index (χ1n) is 16.1. The van der Waals surface area contributed by atoms with Crippen LogP contribution in [0.15, 0.2) is 118 Å². The van der Waals surface area contributed by atoms with Gasteiger partial charge in [-0.05, 0) is 89.0 Å². The fourth-order valence-corrected chi connectivity index (χ4v) is 4.92. The van der Waals surface area contributed by atoms with Crippen molar-refractivity contribution in [2.45, 2.75) is 33.4 Å². The summed E-state index contributed by atoms with van der Waals surface area (Å²) in [6.45, 7) is 4.45. The van der Waals surface area contributed by atoms with E-state index in [1.807, 2.05) is 91.0 Å². The van der Waals surface area contributed by atoms with Crippen LogP contribution < -0.4 is 18.9 Å². The maximum absolute atomic E-state index is 10.6. The van der Waals surface area contributed by atoms with Crippen molar-refractivity contribution in [2.24, 2.45) is 0 Å². The molecule has 0 amide bonds. The molecule has 0 aliphatic carbocycles. The lowest BCUT2D eigenvalue weighted by Gasteiger charge is -2.10. The van der Waals surface area contributed by atoms with Crippen LogP contribution in [-0.4, -0.2) is 51.7 Å². The molecule has 9 nitrogen and oxygen atoms in total. The molecule has 1 N–H and O–H groups in total. The monoisotopic (exact) mass is 826 g/mol. The second-order valence-electron chi connectivity index (χ2n) is 10.7. The molecule has 0 aromatic heterocycles. The molecule has 4 aromatic rings. The Hall–Kier alpha value is -4.13. The van der Waals surface area contributed by atoms with Crippen molar-refractivity contribution in [1.29, 1.82) is 0 Å². The number of hydrogen-bond donors (Lipinski definition) is 1. The minimum Gasteiger partial charge on any atom is -0.497 e. The van der Waals surface area contributed by atoms with Gasteiger partial charge in [0.05, 0.1) is 47.3 Å². The molecule has 0 spiro atoms. The molecular formula is C40H44Br2O9. The van der Waals surface area contributed by atoms with Gasteiger partial charge < -0.3 is 38.3 Å². The quantitative estimate of drug-likeness (QED) is 0.0565. The van der Waals surface area contributed by atoms with E-state index in [1.165, 1.54) is 6.92 Å². The number of carbonyl (C=O) groups is 1. The molecule has 0 unspecified atom stereocenters. The Labute approximate surface area is 317 Å². The van der Waals surface area contributed by atoms with E-state index in [-0.39, 0.29) is 19.2 Å². The van der Waals surface area contributed by atoms with Gasteiger partial charge in [0.15, 0.2) is 0 Å². The summed E-state index contributed by atoms with van der Waals surface area (Å²) < 4.78 is 39.9. The molecule has 0 saturated heterocycles. The molecule has 4 aromatic carbocycles. The highest BCUT2D eigenvalue weighted by atomic mass is 79.9. The summed E-state index contributed by atoms with van der Waals surface area (Å²) in [5.41, 5.74) is 4.15.